The fourth-order valence-electron chi connectivity index (χ4n) is 1.45. The molecule has 0 bridgehead atoms. The van der Waals surface area contributed by atoms with Gasteiger partial charge in [0.2, 0.25) is 0 Å². The normalized spacial score (nSPS) is 11.5. The highest BCUT2D eigenvalue weighted by Crippen LogP contribution is 2.18. The summed E-state index contributed by atoms with van der Waals surface area (Å²) >= 11 is 0. The summed E-state index contributed by atoms with van der Waals surface area (Å²) in [6.07, 6.45) is -0.0662. The lowest BCUT2D eigenvalue weighted by molar-refractivity contribution is -0.148. The van der Waals surface area contributed by atoms with Gasteiger partial charge in [0, 0.05) is 0 Å². The number of esters is 2. The summed E-state index contributed by atoms with van der Waals surface area (Å²) < 4.78 is 9.91. The number of hydrogen-bond donors (Lipinski definition) is 1. The summed E-state index contributed by atoms with van der Waals surface area (Å²) in [4.78, 5) is 22.1. The lowest BCUT2D eigenvalue weighted by Gasteiger charge is -2.08. The molecule has 124 valence electrons. The number of benzene rings is 1. The average molecular weight is 335 g/mol. The van der Waals surface area contributed by atoms with Crippen LogP contribution in [0.4, 0.5) is 0 Å². The molecule has 0 spiro atoms. The van der Waals surface area contributed by atoms with Crippen LogP contribution >= 0.6 is 8.19 Å². The van der Waals surface area contributed by atoms with E-state index in [1.165, 1.54) is 0 Å². The van der Waals surface area contributed by atoms with Crippen LogP contribution in [-0.2, 0) is 9.53 Å². The average Bonchev–Trinajstić information content (AvgIpc) is 3.02. The van der Waals surface area contributed by atoms with E-state index in [4.69, 9.17) is 15.2 Å². The van der Waals surface area contributed by atoms with E-state index in [-0.39, 0.29) is 18.0 Å². The van der Waals surface area contributed by atoms with Crippen LogP contribution in [-0.4, -0.2) is 24.1 Å². The van der Waals surface area contributed by atoms with Crippen molar-refractivity contribution in [3.05, 3.63) is 53.6 Å². The zero-order chi connectivity index (χ0) is 17.2. The van der Waals surface area contributed by atoms with Gasteiger partial charge in [-0.1, -0.05) is 24.3 Å². The number of carbonyl (C=O) groups excluding carboxylic acids is 2. The molecule has 5 nitrogen and oxygen atoms in total. The Morgan fingerprint density at radius 2 is 1.70 bits per heavy atom. The van der Waals surface area contributed by atoms with E-state index >= 15 is 0 Å². The standard InChI is InChI=1S/C11H9O2P.C6H13NO2/c12-11(10-7-4-8-14-10)13-9-5-2-1-3-6-9;1-4(2)9-6(8)5(3)7/h1-8,14H;4-5H,7H2,1-3H3. The number of para-hydroxylation sites is 1. The van der Waals surface area contributed by atoms with Crippen molar-refractivity contribution in [3.8, 4) is 5.75 Å². The third-order valence-electron chi connectivity index (χ3n) is 2.50. The zero-order valence-corrected chi connectivity index (χ0v) is 14.5. The molecule has 2 N–H and O–H groups in total. The molecule has 0 saturated heterocycles. The van der Waals surface area contributed by atoms with Gasteiger partial charge in [0.05, 0.1) is 11.4 Å². The van der Waals surface area contributed by atoms with Crippen LogP contribution in [0.15, 0.2) is 48.3 Å². The summed E-state index contributed by atoms with van der Waals surface area (Å²) in [6.45, 7) is 5.19. The van der Waals surface area contributed by atoms with E-state index in [1.807, 2.05) is 30.1 Å². The Morgan fingerprint density at radius 1 is 1.04 bits per heavy atom. The largest absolute Gasteiger partial charge is 0.462 e. The minimum Gasteiger partial charge on any atom is -0.462 e. The summed E-state index contributed by atoms with van der Waals surface area (Å²) in [5.74, 6) is 1.96. The Labute approximate surface area is 137 Å². The maximum absolute atomic E-state index is 11.5. The monoisotopic (exact) mass is 335 g/mol. The van der Waals surface area contributed by atoms with Crippen molar-refractivity contribution in [1.82, 2.24) is 0 Å². The summed E-state index contributed by atoms with van der Waals surface area (Å²) in [7, 11) is 0.438. The first-order chi connectivity index (χ1) is 10.9. The highest BCUT2D eigenvalue weighted by molar-refractivity contribution is 7.31. The first-order valence-corrected chi connectivity index (χ1v) is 8.34. The second-order valence-electron chi connectivity index (χ2n) is 5.06. The van der Waals surface area contributed by atoms with Gasteiger partial charge in [-0.05, 0) is 44.8 Å². The molecule has 2 aromatic rings. The van der Waals surface area contributed by atoms with Crippen LogP contribution in [0, 0.1) is 0 Å². The van der Waals surface area contributed by atoms with E-state index in [2.05, 4.69) is 0 Å². The van der Waals surface area contributed by atoms with Crippen LogP contribution in [0.3, 0.4) is 0 Å². The zero-order valence-electron chi connectivity index (χ0n) is 13.5. The van der Waals surface area contributed by atoms with Gasteiger partial charge in [0.15, 0.2) is 0 Å². The smallest absolute Gasteiger partial charge is 0.347 e. The highest BCUT2D eigenvalue weighted by Gasteiger charge is 2.09. The number of ether oxygens (including phenoxy) is 2. The summed E-state index contributed by atoms with van der Waals surface area (Å²) in [5.41, 5.74) is 5.21. The topological polar surface area (TPSA) is 78.6 Å². The Bertz CT molecular complexity index is 594. The van der Waals surface area contributed by atoms with Gasteiger partial charge >= 0.3 is 11.9 Å². The molecule has 0 aliphatic rings. The molecule has 2 atom stereocenters. The lowest BCUT2D eigenvalue weighted by atomic mass is 10.3. The van der Waals surface area contributed by atoms with Crippen molar-refractivity contribution in [2.75, 3.05) is 0 Å². The molecule has 0 fully saturated rings. The molecule has 6 heteroatoms. The number of carbonyl (C=O) groups is 2. The van der Waals surface area contributed by atoms with Gasteiger partial charge < -0.3 is 15.2 Å². The first kappa shape index (κ1) is 18.9. The second kappa shape index (κ2) is 9.82. The molecule has 1 aromatic heterocycles. The van der Waals surface area contributed by atoms with Crippen molar-refractivity contribution >= 4 is 20.1 Å². The van der Waals surface area contributed by atoms with Crippen molar-refractivity contribution in [3.63, 3.8) is 0 Å². The van der Waals surface area contributed by atoms with Gasteiger partial charge in [0.25, 0.3) is 0 Å². The Morgan fingerprint density at radius 3 is 2.13 bits per heavy atom. The Kier molecular flexibility index (Phi) is 8.09. The minimum absolute atomic E-state index is 0.0662. The molecule has 0 aliphatic carbocycles. The molecule has 1 aromatic carbocycles. The van der Waals surface area contributed by atoms with Crippen LogP contribution in [0.1, 0.15) is 30.9 Å². The minimum atomic E-state index is -0.507. The number of rotatable bonds is 4. The molecule has 2 unspecified atom stereocenters. The van der Waals surface area contributed by atoms with E-state index in [9.17, 15) is 9.59 Å². The molecule has 2 rings (SSSR count). The SMILES string of the molecule is CC(C)OC(=O)C(C)N.O=C(Oc1ccccc1)c1ccc[pH]1. The summed E-state index contributed by atoms with van der Waals surface area (Å²) in [6, 6.07) is 12.3. The maximum atomic E-state index is 11.5. The van der Waals surface area contributed by atoms with Crippen molar-refractivity contribution in [2.24, 2.45) is 5.73 Å². The van der Waals surface area contributed by atoms with E-state index < -0.39 is 6.04 Å². The molecule has 0 saturated carbocycles. The fourth-order valence-corrected chi connectivity index (χ4v) is 2.18. The second-order valence-corrected chi connectivity index (χ2v) is 6.22. The number of nitrogens with two attached hydrogens (primary N) is 1. The van der Waals surface area contributed by atoms with Crippen LogP contribution in [0.2, 0.25) is 0 Å². The molecular weight excluding hydrogens is 313 g/mol. The van der Waals surface area contributed by atoms with Gasteiger partial charge in [-0.15, -0.1) is 8.19 Å². The maximum Gasteiger partial charge on any atom is 0.347 e. The lowest BCUT2D eigenvalue weighted by Crippen LogP contribution is -2.30. The Balaban J connectivity index is 0.000000257. The van der Waals surface area contributed by atoms with E-state index in [0.717, 1.165) is 5.30 Å². The van der Waals surface area contributed by atoms with Gasteiger partial charge in [-0.3, -0.25) is 4.79 Å². The van der Waals surface area contributed by atoms with E-state index in [0.29, 0.717) is 13.9 Å². The Hall–Kier alpha value is -2.10. The first-order valence-electron chi connectivity index (χ1n) is 7.27. The molecular formula is C17H22NO4P. The molecule has 0 amide bonds. The van der Waals surface area contributed by atoms with Gasteiger partial charge in [-0.25, -0.2) is 4.79 Å². The van der Waals surface area contributed by atoms with Gasteiger partial charge in [-0.2, -0.15) is 0 Å². The molecule has 0 aliphatic heterocycles. The highest BCUT2D eigenvalue weighted by atomic mass is 31.0. The number of hydrogen-bond acceptors (Lipinski definition) is 5. The van der Waals surface area contributed by atoms with Crippen LogP contribution in [0.5, 0.6) is 5.75 Å². The predicted octanol–water partition coefficient (Wildman–Crippen LogP) is 3.22. The van der Waals surface area contributed by atoms with Crippen LogP contribution in [0.25, 0.3) is 0 Å². The van der Waals surface area contributed by atoms with Crippen molar-refractivity contribution in [2.45, 2.75) is 32.9 Å². The van der Waals surface area contributed by atoms with Crippen molar-refractivity contribution < 1.29 is 19.1 Å². The van der Waals surface area contributed by atoms with Gasteiger partial charge in [0.1, 0.15) is 11.8 Å². The third kappa shape index (κ3) is 7.63. The van der Waals surface area contributed by atoms with E-state index in [1.54, 1.807) is 39.0 Å². The quantitative estimate of drug-likeness (QED) is 0.685. The summed E-state index contributed by atoms with van der Waals surface area (Å²) in [5, 5.41) is 0.730. The molecule has 1 heterocycles. The fraction of sp³-hybridized carbons (Fsp3) is 0.294. The molecule has 23 heavy (non-hydrogen) atoms. The van der Waals surface area contributed by atoms with Crippen molar-refractivity contribution in [1.29, 1.82) is 0 Å². The van der Waals surface area contributed by atoms with Crippen LogP contribution < -0.4 is 10.5 Å². The third-order valence-corrected chi connectivity index (χ3v) is 3.54. The molecule has 0 radical (unpaired) electrons. The predicted molar refractivity (Wildman–Crippen MR) is 92.2 cm³/mol.